The predicted molar refractivity (Wildman–Crippen MR) is 105 cm³/mol. The van der Waals surface area contributed by atoms with Crippen LogP contribution in [0.3, 0.4) is 0 Å². The van der Waals surface area contributed by atoms with E-state index in [2.05, 4.69) is 13.8 Å². The number of carboxylic acid groups (broad SMARTS) is 4. The fraction of sp³-hybridized carbons (Fsp3) is 0.600. The molecule has 0 aromatic carbocycles. The second-order valence-electron chi connectivity index (χ2n) is 6.03. The van der Waals surface area contributed by atoms with Crippen molar-refractivity contribution in [2.24, 2.45) is 0 Å². The van der Waals surface area contributed by atoms with Crippen LogP contribution in [0.2, 0.25) is 8.87 Å². The van der Waals surface area contributed by atoms with E-state index in [1.807, 2.05) is 0 Å². The molecule has 0 rings (SSSR count). The summed E-state index contributed by atoms with van der Waals surface area (Å²) in [6.07, 6.45) is 7.18. The Labute approximate surface area is 182 Å². The molecular weight excluding hydrogens is 487 g/mol. The van der Waals surface area contributed by atoms with Crippen LogP contribution in [0.4, 0.5) is 0 Å². The van der Waals surface area contributed by atoms with E-state index < -0.39 is 23.9 Å². The maximum absolute atomic E-state index is 10.00. The van der Waals surface area contributed by atoms with Gasteiger partial charge in [-0.15, -0.1) is 0 Å². The number of aliphatic carboxylic acids is 4. The SMILES string of the molecule is CC/C(=C/C(=O)[O-])C(=O)[O-].CC/C(=C/C(=O)[O-])C(=O)[O-].CCC[CH2][SnH2+4][CH2]CCC. The van der Waals surface area contributed by atoms with E-state index in [0.717, 1.165) is 0 Å². The zero-order chi connectivity index (χ0) is 23.2. The fourth-order valence-corrected chi connectivity index (χ4v) is 7.81. The third-order valence-corrected chi connectivity index (χ3v) is 9.29. The van der Waals surface area contributed by atoms with Gasteiger partial charge in [0.05, 0.1) is 23.9 Å². The first-order valence-corrected chi connectivity index (χ1v) is 15.5. The molecule has 9 heteroatoms. The fourth-order valence-electron chi connectivity index (χ4n) is 1.93. The summed E-state index contributed by atoms with van der Waals surface area (Å²) in [7, 11) is 0. The van der Waals surface area contributed by atoms with Crippen LogP contribution < -0.4 is 20.4 Å². The molecule has 0 fully saturated rings. The molecule has 0 heterocycles. The number of unbranched alkanes of at least 4 members (excludes halogenated alkanes) is 2. The van der Waals surface area contributed by atoms with Crippen molar-refractivity contribution in [1.82, 2.24) is 0 Å². The van der Waals surface area contributed by atoms with Gasteiger partial charge >= 0.3 is 69.5 Å². The van der Waals surface area contributed by atoms with Crippen molar-refractivity contribution in [3.8, 4) is 0 Å². The molecule has 29 heavy (non-hydrogen) atoms. The Morgan fingerprint density at radius 3 is 1.10 bits per heavy atom. The van der Waals surface area contributed by atoms with Crippen LogP contribution in [-0.4, -0.2) is 45.0 Å². The molecule has 0 aromatic heterocycles. The molecule has 0 aromatic rings. The molecule has 4 radical (unpaired) electrons. The molecule has 0 aliphatic rings. The molecule has 0 bridgehead atoms. The molecule has 0 N–H and O–H groups in total. The van der Waals surface area contributed by atoms with Crippen LogP contribution in [0.5, 0.6) is 0 Å². The molecule has 0 atom stereocenters. The maximum atomic E-state index is 10.00. The minimum atomic E-state index is -1.51. The number of hydrogen-bond donors (Lipinski definition) is 0. The van der Waals surface area contributed by atoms with Crippen LogP contribution in [0, 0.1) is 0 Å². The summed E-state index contributed by atoms with van der Waals surface area (Å²) in [5.74, 6) is -5.96. The van der Waals surface area contributed by atoms with E-state index in [4.69, 9.17) is 0 Å². The van der Waals surface area contributed by atoms with Gasteiger partial charge in [0.25, 0.3) is 0 Å². The van der Waals surface area contributed by atoms with Gasteiger partial charge in [0, 0.05) is 0 Å². The molecule has 0 aliphatic heterocycles. The molecular formula is C20H32O8Sn. The van der Waals surface area contributed by atoms with Crippen molar-refractivity contribution < 1.29 is 39.6 Å². The summed E-state index contributed by atoms with van der Waals surface area (Å²) in [4.78, 5) is 39.6. The molecule has 0 unspecified atom stereocenters. The van der Waals surface area contributed by atoms with Crippen molar-refractivity contribution >= 4 is 45.0 Å². The first-order valence-electron chi connectivity index (χ1n) is 9.82. The second kappa shape index (κ2) is 22.4. The van der Waals surface area contributed by atoms with Gasteiger partial charge < -0.3 is 39.6 Å². The third kappa shape index (κ3) is 26.2. The van der Waals surface area contributed by atoms with Gasteiger partial charge in [0.1, 0.15) is 0 Å². The van der Waals surface area contributed by atoms with E-state index in [0.29, 0.717) is 12.2 Å². The Balaban J connectivity index is -0.000000350. The predicted octanol–water partition coefficient (Wildman–Crippen LogP) is -1.76. The minimum absolute atomic E-state index is 0.121. The number of carboxylic acids is 4. The average molecular weight is 519 g/mol. The van der Waals surface area contributed by atoms with Crippen molar-refractivity contribution in [3.63, 3.8) is 0 Å². The summed E-state index contributed by atoms with van der Waals surface area (Å²) in [5.41, 5.74) is -0.528. The normalized spacial score (nSPS) is 10.8. The third-order valence-electron chi connectivity index (χ3n) is 3.58. The molecule has 0 saturated heterocycles. The Morgan fingerprint density at radius 1 is 0.655 bits per heavy atom. The second-order valence-corrected chi connectivity index (χ2v) is 12.1. The Bertz CT molecular complexity index is 505. The molecule has 0 spiro atoms. The van der Waals surface area contributed by atoms with Gasteiger partial charge in [0.15, 0.2) is 0 Å². The molecule has 8 nitrogen and oxygen atoms in total. The van der Waals surface area contributed by atoms with E-state index in [1.54, 1.807) is 8.87 Å². The van der Waals surface area contributed by atoms with E-state index in [9.17, 15) is 39.6 Å². The van der Waals surface area contributed by atoms with Crippen LogP contribution in [0.25, 0.3) is 0 Å². The topological polar surface area (TPSA) is 161 Å². The van der Waals surface area contributed by atoms with Gasteiger partial charge in [-0.25, -0.2) is 0 Å². The van der Waals surface area contributed by atoms with Gasteiger partial charge in [-0.05, 0) is 36.1 Å². The standard InChI is InChI=1S/2C6H8O4.2C4H9.Sn.2H/c2*1-2-4(6(9)10)3-5(7)8;2*1-3-4-2;;;/h2*3H,2H2,1H3,(H,7,8)(H,9,10);2*1,3-4H2,2H3;;;/q;;;;+4;;/p-4/b2*4-3-;;;;;. The van der Waals surface area contributed by atoms with Gasteiger partial charge in [-0.2, -0.15) is 0 Å². The van der Waals surface area contributed by atoms with Crippen molar-refractivity contribution in [1.29, 1.82) is 0 Å². The summed E-state index contributed by atoms with van der Waals surface area (Å²) < 4.78 is 3.33. The van der Waals surface area contributed by atoms with Crippen LogP contribution in [0.15, 0.2) is 23.3 Å². The molecule has 0 aliphatic carbocycles. The molecule has 164 valence electrons. The zero-order valence-electron chi connectivity index (χ0n) is 17.8. The van der Waals surface area contributed by atoms with E-state index in [-0.39, 0.29) is 45.1 Å². The summed E-state index contributed by atoms with van der Waals surface area (Å²) in [6.45, 7) is 7.63. The summed E-state index contributed by atoms with van der Waals surface area (Å²) in [5, 5.41) is 39.6. The van der Waals surface area contributed by atoms with Crippen molar-refractivity contribution in [3.05, 3.63) is 23.3 Å². The average Bonchev–Trinajstić information content (AvgIpc) is 2.64. The number of hydrogen-bond acceptors (Lipinski definition) is 8. The van der Waals surface area contributed by atoms with Crippen LogP contribution in [-0.2, 0) is 19.2 Å². The van der Waals surface area contributed by atoms with E-state index in [1.165, 1.54) is 39.5 Å². The molecule has 0 saturated carbocycles. The first-order chi connectivity index (χ1) is 13.6. The zero-order valence-corrected chi connectivity index (χ0v) is 21.8. The van der Waals surface area contributed by atoms with E-state index >= 15 is 0 Å². The summed E-state index contributed by atoms with van der Waals surface area (Å²) in [6, 6.07) is 0. The number of rotatable bonds is 12. The monoisotopic (exact) mass is 520 g/mol. The van der Waals surface area contributed by atoms with Gasteiger partial charge in [-0.1, -0.05) is 13.8 Å². The Hall–Kier alpha value is -1.84. The van der Waals surface area contributed by atoms with Crippen LogP contribution >= 0.6 is 0 Å². The van der Waals surface area contributed by atoms with Gasteiger partial charge in [-0.3, -0.25) is 0 Å². The van der Waals surface area contributed by atoms with Crippen molar-refractivity contribution in [2.45, 2.75) is 75.1 Å². The quantitative estimate of drug-likeness (QED) is 0.167. The Morgan fingerprint density at radius 2 is 0.966 bits per heavy atom. The number of carbonyl (C=O) groups excluding carboxylic acids is 4. The molecule has 0 amide bonds. The number of carbonyl (C=O) groups is 4. The first kappa shape index (κ1) is 31.8. The summed E-state index contributed by atoms with van der Waals surface area (Å²) >= 11 is -0.159. The van der Waals surface area contributed by atoms with Crippen LogP contribution in [0.1, 0.15) is 66.2 Å². The van der Waals surface area contributed by atoms with Gasteiger partial charge in [0.2, 0.25) is 0 Å². The van der Waals surface area contributed by atoms with Crippen molar-refractivity contribution in [2.75, 3.05) is 0 Å². The Kier molecular flexibility index (Phi) is 24.6.